The van der Waals surface area contributed by atoms with Crippen molar-refractivity contribution in [1.82, 2.24) is 4.57 Å². The lowest BCUT2D eigenvalue weighted by Gasteiger charge is -2.03. The summed E-state index contributed by atoms with van der Waals surface area (Å²) in [6, 6.07) is 5.33. The van der Waals surface area contributed by atoms with E-state index in [9.17, 15) is 4.79 Å². The zero-order chi connectivity index (χ0) is 15.1. The number of benzene rings is 1. The Bertz CT molecular complexity index is 613. The first-order valence-electron chi connectivity index (χ1n) is 8.11. The van der Waals surface area contributed by atoms with Crippen LogP contribution in [0.25, 0.3) is 11.1 Å². The van der Waals surface area contributed by atoms with Gasteiger partial charge in [0.25, 0.3) is 0 Å². The van der Waals surface area contributed by atoms with Crippen molar-refractivity contribution in [3.63, 3.8) is 0 Å². The molecule has 1 heterocycles. The Morgan fingerprint density at radius 3 is 2.43 bits per heavy atom. The Labute approximate surface area is 125 Å². The van der Waals surface area contributed by atoms with Gasteiger partial charge in [0, 0.05) is 12.2 Å². The number of aromatic nitrogens is 1. The molecule has 0 saturated heterocycles. The van der Waals surface area contributed by atoms with Crippen molar-refractivity contribution in [2.24, 2.45) is 0 Å². The van der Waals surface area contributed by atoms with Gasteiger partial charge < -0.3 is 10.2 Å². The van der Waals surface area contributed by atoms with Crippen LogP contribution >= 0.6 is 0 Å². The second kappa shape index (κ2) is 7.91. The third kappa shape index (κ3) is 4.38. The standard InChI is InChI=1S/C17H26N2O2/c1-2-3-4-5-6-7-8-9-12-19-15-13-14(18)10-11-16(15)21-17(19)20/h10-11,13H,2-9,12,18H2,1H3. The Morgan fingerprint density at radius 1 is 1.05 bits per heavy atom. The highest BCUT2D eigenvalue weighted by Crippen LogP contribution is 2.17. The molecule has 4 nitrogen and oxygen atoms in total. The van der Waals surface area contributed by atoms with Crippen LogP contribution in [0.15, 0.2) is 27.4 Å². The van der Waals surface area contributed by atoms with Gasteiger partial charge in [-0.1, -0.05) is 51.9 Å². The molecule has 0 aliphatic heterocycles. The number of hydrogen-bond donors (Lipinski definition) is 1. The van der Waals surface area contributed by atoms with E-state index in [4.69, 9.17) is 10.2 Å². The average Bonchev–Trinajstić information content (AvgIpc) is 2.77. The molecule has 2 rings (SSSR count). The first kappa shape index (κ1) is 15.7. The van der Waals surface area contributed by atoms with Crippen LogP contribution in [0, 0.1) is 0 Å². The number of anilines is 1. The van der Waals surface area contributed by atoms with E-state index in [1.54, 1.807) is 16.7 Å². The predicted octanol–water partition coefficient (Wildman–Crippen LogP) is 4.32. The minimum Gasteiger partial charge on any atom is -0.408 e. The first-order chi connectivity index (χ1) is 10.2. The molecule has 0 atom stereocenters. The molecule has 2 N–H and O–H groups in total. The van der Waals surface area contributed by atoms with E-state index < -0.39 is 0 Å². The summed E-state index contributed by atoms with van der Waals surface area (Å²) in [7, 11) is 0. The van der Waals surface area contributed by atoms with Crippen LogP contribution in [0.1, 0.15) is 58.3 Å². The van der Waals surface area contributed by atoms with Gasteiger partial charge in [-0.3, -0.25) is 4.57 Å². The van der Waals surface area contributed by atoms with Crippen molar-refractivity contribution in [3.8, 4) is 0 Å². The number of aryl methyl sites for hydroxylation is 1. The highest BCUT2D eigenvalue weighted by molar-refractivity contribution is 5.76. The molecule has 0 aliphatic carbocycles. The summed E-state index contributed by atoms with van der Waals surface area (Å²) in [4.78, 5) is 11.8. The summed E-state index contributed by atoms with van der Waals surface area (Å²) in [5, 5.41) is 0. The van der Waals surface area contributed by atoms with Crippen LogP contribution in [0.5, 0.6) is 0 Å². The molecule has 0 unspecified atom stereocenters. The number of unbranched alkanes of at least 4 members (excludes halogenated alkanes) is 7. The van der Waals surface area contributed by atoms with Gasteiger partial charge in [-0.05, 0) is 24.6 Å². The third-order valence-corrected chi connectivity index (χ3v) is 3.93. The average molecular weight is 290 g/mol. The van der Waals surface area contributed by atoms with Gasteiger partial charge in [-0.2, -0.15) is 0 Å². The summed E-state index contributed by atoms with van der Waals surface area (Å²) >= 11 is 0. The molecule has 4 heteroatoms. The maximum Gasteiger partial charge on any atom is 0.419 e. The van der Waals surface area contributed by atoms with Crippen molar-refractivity contribution in [2.45, 2.75) is 64.8 Å². The molecule has 0 saturated carbocycles. The Kier molecular flexibility index (Phi) is 5.90. The van der Waals surface area contributed by atoms with E-state index in [-0.39, 0.29) is 5.76 Å². The normalized spacial score (nSPS) is 11.3. The highest BCUT2D eigenvalue weighted by atomic mass is 16.4. The number of rotatable bonds is 9. The van der Waals surface area contributed by atoms with E-state index in [0.717, 1.165) is 18.4 Å². The second-order valence-corrected chi connectivity index (χ2v) is 5.72. The molecular weight excluding hydrogens is 264 g/mol. The zero-order valence-corrected chi connectivity index (χ0v) is 12.9. The quantitative estimate of drug-likeness (QED) is 0.552. The molecule has 0 aliphatic rings. The topological polar surface area (TPSA) is 61.2 Å². The summed E-state index contributed by atoms with van der Waals surface area (Å²) < 4.78 is 6.93. The van der Waals surface area contributed by atoms with Crippen molar-refractivity contribution >= 4 is 16.8 Å². The summed E-state index contributed by atoms with van der Waals surface area (Å²) in [6.07, 6.45) is 10.0. The molecule has 0 bridgehead atoms. The second-order valence-electron chi connectivity index (χ2n) is 5.72. The predicted molar refractivity (Wildman–Crippen MR) is 87.5 cm³/mol. The molecule has 21 heavy (non-hydrogen) atoms. The largest absolute Gasteiger partial charge is 0.419 e. The molecule has 1 aromatic carbocycles. The van der Waals surface area contributed by atoms with E-state index >= 15 is 0 Å². The first-order valence-corrected chi connectivity index (χ1v) is 8.11. The van der Waals surface area contributed by atoms with Gasteiger partial charge in [0.2, 0.25) is 0 Å². The Balaban J connectivity index is 1.80. The maximum absolute atomic E-state index is 11.8. The number of hydrogen-bond acceptors (Lipinski definition) is 3. The van der Waals surface area contributed by atoms with Crippen molar-refractivity contribution in [3.05, 3.63) is 28.7 Å². The number of nitrogens with zero attached hydrogens (tertiary/aromatic N) is 1. The van der Waals surface area contributed by atoms with Crippen molar-refractivity contribution in [1.29, 1.82) is 0 Å². The minimum absolute atomic E-state index is 0.279. The number of nitrogens with two attached hydrogens (primary N) is 1. The van der Waals surface area contributed by atoms with E-state index in [1.165, 1.54) is 38.5 Å². The maximum atomic E-state index is 11.8. The van der Waals surface area contributed by atoms with Gasteiger partial charge in [0.05, 0.1) is 5.52 Å². The van der Waals surface area contributed by atoms with Gasteiger partial charge in [-0.15, -0.1) is 0 Å². The van der Waals surface area contributed by atoms with Crippen LogP contribution in [0.2, 0.25) is 0 Å². The summed E-state index contributed by atoms with van der Waals surface area (Å²) in [5.41, 5.74) is 7.87. The number of fused-ring (bicyclic) bond motifs is 1. The molecule has 0 spiro atoms. The molecule has 2 aromatic rings. The SMILES string of the molecule is CCCCCCCCCCn1c(=O)oc2ccc(N)cc21. The van der Waals surface area contributed by atoms with Crippen LogP contribution < -0.4 is 11.5 Å². The van der Waals surface area contributed by atoms with Crippen LogP contribution in [0.4, 0.5) is 5.69 Å². The van der Waals surface area contributed by atoms with Gasteiger partial charge in [0.15, 0.2) is 5.58 Å². The fourth-order valence-corrected chi connectivity index (χ4v) is 2.69. The van der Waals surface area contributed by atoms with Gasteiger partial charge in [0.1, 0.15) is 0 Å². The highest BCUT2D eigenvalue weighted by Gasteiger charge is 2.08. The van der Waals surface area contributed by atoms with E-state index in [0.29, 0.717) is 17.8 Å². The summed E-state index contributed by atoms with van der Waals surface area (Å²) in [6.45, 7) is 2.95. The van der Waals surface area contributed by atoms with Crippen LogP contribution in [-0.2, 0) is 6.54 Å². The fraction of sp³-hybridized carbons (Fsp3) is 0.588. The minimum atomic E-state index is -0.279. The van der Waals surface area contributed by atoms with Crippen LogP contribution in [0.3, 0.4) is 0 Å². The number of nitrogen functional groups attached to an aromatic ring is 1. The van der Waals surface area contributed by atoms with E-state index in [1.807, 2.05) is 6.07 Å². The van der Waals surface area contributed by atoms with Gasteiger partial charge in [-0.25, -0.2) is 4.79 Å². The zero-order valence-electron chi connectivity index (χ0n) is 12.9. The summed E-state index contributed by atoms with van der Waals surface area (Å²) in [5.74, 6) is -0.279. The van der Waals surface area contributed by atoms with E-state index in [2.05, 4.69) is 6.92 Å². The molecule has 0 amide bonds. The lowest BCUT2D eigenvalue weighted by atomic mass is 10.1. The van der Waals surface area contributed by atoms with Crippen molar-refractivity contribution < 1.29 is 4.42 Å². The van der Waals surface area contributed by atoms with Crippen LogP contribution in [-0.4, -0.2) is 4.57 Å². The molecule has 1 aromatic heterocycles. The van der Waals surface area contributed by atoms with Crippen molar-refractivity contribution in [2.75, 3.05) is 5.73 Å². The Hall–Kier alpha value is -1.71. The Morgan fingerprint density at radius 2 is 1.71 bits per heavy atom. The molecule has 116 valence electrons. The fourth-order valence-electron chi connectivity index (χ4n) is 2.69. The lowest BCUT2D eigenvalue weighted by molar-refractivity contribution is 0.484. The smallest absolute Gasteiger partial charge is 0.408 e. The molecule has 0 fully saturated rings. The number of oxazole rings is 1. The lowest BCUT2D eigenvalue weighted by Crippen LogP contribution is -2.14. The molecular formula is C17H26N2O2. The molecule has 0 radical (unpaired) electrons. The monoisotopic (exact) mass is 290 g/mol. The third-order valence-electron chi connectivity index (χ3n) is 3.93. The van der Waals surface area contributed by atoms with Gasteiger partial charge >= 0.3 is 5.76 Å².